The molecule has 0 atom stereocenters. The minimum Gasteiger partial charge on any atom is -0.342 e. The van der Waals surface area contributed by atoms with Gasteiger partial charge in [0.1, 0.15) is 0 Å². The molecule has 124 valence electrons. The predicted octanol–water partition coefficient (Wildman–Crippen LogP) is 3.46. The van der Waals surface area contributed by atoms with Crippen molar-refractivity contribution in [1.29, 1.82) is 0 Å². The highest BCUT2D eigenvalue weighted by molar-refractivity contribution is 7.89. The van der Waals surface area contributed by atoms with Gasteiger partial charge in [0, 0.05) is 24.3 Å². The van der Waals surface area contributed by atoms with Crippen LogP contribution in [0.5, 0.6) is 0 Å². The van der Waals surface area contributed by atoms with E-state index >= 15 is 0 Å². The molecular formula is C19H20N2O2S. The van der Waals surface area contributed by atoms with Crippen molar-refractivity contribution >= 4 is 20.9 Å². The molecule has 0 aliphatic carbocycles. The predicted molar refractivity (Wildman–Crippen MR) is 95.4 cm³/mol. The number of aromatic nitrogens is 1. The second kappa shape index (κ2) is 5.46. The summed E-state index contributed by atoms with van der Waals surface area (Å²) in [6, 6.07) is 15.9. The van der Waals surface area contributed by atoms with E-state index in [1.54, 1.807) is 10.4 Å². The molecule has 0 amide bonds. The van der Waals surface area contributed by atoms with Gasteiger partial charge in [-0.2, -0.15) is 4.31 Å². The van der Waals surface area contributed by atoms with Crippen molar-refractivity contribution in [3.8, 4) is 0 Å². The third kappa shape index (κ3) is 2.36. The minimum atomic E-state index is -3.48. The molecule has 2 heterocycles. The van der Waals surface area contributed by atoms with Gasteiger partial charge < -0.3 is 4.57 Å². The maximum atomic E-state index is 13.1. The van der Waals surface area contributed by atoms with Crippen LogP contribution in [0.3, 0.4) is 0 Å². The van der Waals surface area contributed by atoms with E-state index in [9.17, 15) is 8.42 Å². The van der Waals surface area contributed by atoms with Gasteiger partial charge >= 0.3 is 0 Å². The van der Waals surface area contributed by atoms with Crippen LogP contribution in [0.4, 0.5) is 0 Å². The van der Waals surface area contributed by atoms with Crippen molar-refractivity contribution in [3.05, 3.63) is 65.4 Å². The van der Waals surface area contributed by atoms with Crippen LogP contribution in [0.1, 0.15) is 16.8 Å². The highest BCUT2D eigenvalue weighted by atomic mass is 32.2. The van der Waals surface area contributed by atoms with E-state index in [0.717, 1.165) is 16.8 Å². The Bertz CT molecular complexity index is 1030. The molecule has 0 bridgehead atoms. The largest absolute Gasteiger partial charge is 0.342 e. The summed E-state index contributed by atoms with van der Waals surface area (Å²) in [5.41, 5.74) is 3.99. The van der Waals surface area contributed by atoms with Crippen LogP contribution < -0.4 is 0 Å². The number of hydrogen-bond acceptors (Lipinski definition) is 2. The second-order valence-corrected chi connectivity index (χ2v) is 8.36. The number of rotatable bonds is 2. The van der Waals surface area contributed by atoms with Crippen LogP contribution in [0.15, 0.2) is 53.4 Å². The van der Waals surface area contributed by atoms with Gasteiger partial charge in [0.05, 0.1) is 11.4 Å². The van der Waals surface area contributed by atoms with Crippen LogP contribution in [0.2, 0.25) is 0 Å². The number of sulfonamides is 1. The van der Waals surface area contributed by atoms with E-state index in [1.165, 1.54) is 10.9 Å². The number of hydrogen-bond donors (Lipinski definition) is 0. The third-order valence-corrected chi connectivity index (χ3v) is 6.76. The van der Waals surface area contributed by atoms with Gasteiger partial charge in [0.15, 0.2) is 0 Å². The summed E-state index contributed by atoms with van der Waals surface area (Å²) in [6.45, 7) is 5.39. The third-order valence-electron chi connectivity index (χ3n) is 4.77. The number of aryl methyl sites for hydroxylation is 2. The Hall–Kier alpha value is -2.11. The first kappa shape index (κ1) is 15.4. The molecule has 0 saturated heterocycles. The first-order chi connectivity index (χ1) is 11.5. The zero-order chi connectivity index (χ0) is 16.9. The number of fused-ring (bicyclic) bond motifs is 3. The fraction of sp³-hybridized carbons (Fsp3) is 0.263. The molecule has 1 aromatic heterocycles. The fourth-order valence-corrected chi connectivity index (χ4v) is 5.18. The molecule has 0 saturated carbocycles. The highest BCUT2D eigenvalue weighted by Crippen LogP contribution is 2.28. The standard InChI is InChI=1S/C19H20N2O2S/c1-14-7-8-15(2)19(11-14)24(22,23)20-9-10-21-17(13-20)12-16-5-3-4-6-18(16)21/h3-8,11-12H,9-10,13H2,1-2H3. The molecule has 4 nitrogen and oxygen atoms in total. The molecule has 0 N–H and O–H groups in total. The molecule has 2 aromatic carbocycles. The van der Waals surface area contributed by atoms with Crippen molar-refractivity contribution < 1.29 is 8.42 Å². The SMILES string of the molecule is Cc1ccc(C)c(S(=O)(=O)N2CCn3c(cc4ccccc43)C2)c1. The van der Waals surface area contributed by atoms with Crippen LogP contribution in [0, 0.1) is 13.8 Å². The minimum absolute atomic E-state index is 0.421. The number of benzene rings is 2. The molecule has 0 fully saturated rings. The normalized spacial score (nSPS) is 15.6. The lowest BCUT2D eigenvalue weighted by Gasteiger charge is -2.29. The van der Waals surface area contributed by atoms with Crippen molar-refractivity contribution in [1.82, 2.24) is 8.87 Å². The summed E-state index contributed by atoms with van der Waals surface area (Å²) in [6.07, 6.45) is 0. The molecule has 4 rings (SSSR count). The topological polar surface area (TPSA) is 42.3 Å². The average molecular weight is 340 g/mol. The molecule has 5 heteroatoms. The van der Waals surface area contributed by atoms with E-state index in [0.29, 0.717) is 24.5 Å². The van der Waals surface area contributed by atoms with E-state index in [4.69, 9.17) is 0 Å². The molecular weight excluding hydrogens is 320 g/mol. The van der Waals surface area contributed by atoms with Gasteiger partial charge in [-0.3, -0.25) is 0 Å². The molecule has 1 aliphatic rings. The monoisotopic (exact) mass is 340 g/mol. The molecule has 24 heavy (non-hydrogen) atoms. The Morgan fingerprint density at radius 1 is 0.958 bits per heavy atom. The number of para-hydroxylation sites is 1. The number of nitrogens with zero attached hydrogens (tertiary/aromatic N) is 2. The van der Waals surface area contributed by atoms with Crippen LogP contribution in [-0.4, -0.2) is 23.8 Å². The maximum absolute atomic E-state index is 13.1. The van der Waals surface area contributed by atoms with Crippen LogP contribution >= 0.6 is 0 Å². The van der Waals surface area contributed by atoms with Gasteiger partial charge in [-0.15, -0.1) is 0 Å². The van der Waals surface area contributed by atoms with E-state index in [-0.39, 0.29) is 0 Å². The average Bonchev–Trinajstić information content (AvgIpc) is 2.94. The van der Waals surface area contributed by atoms with Gasteiger partial charge in [-0.1, -0.05) is 30.3 Å². The lowest BCUT2D eigenvalue weighted by atomic mass is 10.2. The van der Waals surface area contributed by atoms with Gasteiger partial charge in [-0.25, -0.2) is 8.42 Å². The van der Waals surface area contributed by atoms with E-state index in [1.807, 2.05) is 38.1 Å². The fourth-order valence-electron chi connectivity index (χ4n) is 3.46. The highest BCUT2D eigenvalue weighted by Gasteiger charge is 2.30. The van der Waals surface area contributed by atoms with E-state index in [2.05, 4.69) is 22.8 Å². The van der Waals surface area contributed by atoms with Gasteiger partial charge in [0.25, 0.3) is 0 Å². The summed E-state index contributed by atoms with van der Waals surface area (Å²) in [5, 5.41) is 1.17. The maximum Gasteiger partial charge on any atom is 0.243 e. The lowest BCUT2D eigenvalue weighted by Crippen LogP contribution is -2.38. The summed E-state index contributed by atoms with van der Waals surface area (Å²) in [5.74, 6) is 0. The first-order valence-electron chi connectivity index (χ1n) is 8.11. The van der Waals surface area contributed by atoms with Crippen molar-refractivity contribution in [2.75, 3.05) is 6.54 Å². The Morgan fingerprint density at radius 3 is 2.58 bits per heavy atom. The molecule has 3 aromatic rings. The second-order valence-electron chi connectivity index (χ2n) is 6.45. The zero-order valence-electron chi connectivity index (χ0n) is 13.9. The van der Waals surface area contributed by atoms with Gasteiger partial charge in [0.2, 0.25) is 10.0 Å². The summed E-state index contributed by atoms with van der Waals surface area (Å²) in [4.78, 5) is 0.423. The van der Waals surface area contributed by atoms with Crippen LogP contribution in [-0.2, 0) is 23.1 Å². The van der Waals surface area contributed by atoms with Crippen LogP contribution in [0.25, 0.3) is 10.9 Å². The molecule has 0 radical (unpaired) electrons. The molecule has 0 unspecified atom stereocenters. The lowest BCUT2D eigenvalue weighted by molar-refractivity contribution is 0.345. The first-order valence-corrected chi connectivity index (χ1v) is 9.55. The van der Waals surface area contributed by atoms with Crippen molar-refractivity contribution in [3.63, 3.8) is 0 Å². The van der Waals surface area contributed by atoms with Crippen molar-refractivity contribution in [2.24, 2.45) is 0 Å². The zero-order valence-corrected chi connectivity index (χ0v) is 14.7. The Kier molecular flexibility index (Phi) is 3.51. The van der Waals surface area contributed by atoms with Gasteiger partial charge in [-0.05, 0) is 48.6 Å². The summed E-state index contributed by atoms with van der Waals surface area (Å²) < 4.78 is 30.0. The smallest absolute Gasteiger partial charge is 0.243 e. The summed E-state index contributed by atoms with van der Waals surface area (Å²) >= 11 is 0. The molecule has 0 spiro atoms. The Labute approximate surface area is 142 Å². The van der Waals surface area contributed by atoms with Crippen molar-refractivity contribution in [2.45, 2.75) is 31.8 Å². The Morgan fingerprint density at radius 2 is 1.75 bits per heavy atom. The summed E-state index contributed by atoms with van der Waals surface area (Å²) in [7, 11) is -3.48. The van der Waals surface area contributed by atoms with E-state index < -0.39 is 10.0 Å². The quantitative estimate of drug-likeness (QED) is 0.717. The Balaban J connectivity index is 1.75. The molecule has 1 aliphatic heterocycles.